The van der Waals surface area contributed by atoms with E-state index >= 15 is 0 Å². The largest absolute Gasteiger partial charge is 0.479 e. The van der Waals surface area contributed by atoms with Crippen LogP contribution in [0.5, 0.6) is 0 Å². The maximum atomic E-state index is 11.7. The zero-order valence-electron chi connectivity index (χ0n) is 7.05. The molecule has 0 heterocycles. The summed E-state index contributed by atoms with van der Waals surface area (Å²) in [5, 5.41) is 18.1. The Balaban J connectivity index is 4.65. The number of hydrogen-bond donors (Lipinski definition) is 3. The van der Waals surface area contributed by atoms with Crippen molar-refractivity contribution in [2.75, 3.05) is 6.61 Å². The van der Waals surface area contributed by atoms with Crippen molar-refractivity contribution in [1.29, 1.82) is 0 Å². The first kappa shape index (κ1) is 12.7. The summed E-state index contributed by atoms with van der Waals surface area (Å²) >= 11 is 0. The molecular formula is C6H8F3NO4. The van der Waals surface area contributed by atoms with Gasteiger partial charge in [0.05, 0.1) is 6.61 Å². The molecule has 0 aromatic carbocycles. The Bertz CT molecular complexity index is 252. The second-order valence-electron chi connectivity index (χ2n) is 2.75. The van der Waals surface area contributed by atoms with Gasteiger partial charge < -0.3 is 15.5 Å². The van der Waals surface area contributed by atoms with Gasteiger partial charge in [-0.1, -0.05) is 0 Å². The highest BCUT2D eigenvalue weighted by Gasteiger charge is 2.45. The molecule has 14 heavy (non-hydrogen) atoms. The highest BCUT2D eigenvalue weighted by atomic mass is 19.4. The summed E-state index contributed by atoms with van der Waals surface area (Å²) in [5.74, 6) is -4.16. The number of carboxylic acid groups (broad SMARTS) is 1. The molecule has 0 saturated carbocycles. The lowest BCUT2D eigenvalue weighted by Gasteiger charge is -2.23. The number of halogens is 3. The quantitative estimate of drug-likeness (QED) is 0.592. The first-order valence-electron chi connectivity index (χ1n) is 3.37. The van der Waals surface area contributed by atoms with Crippen LogP contribution in [0.3, 0.4) is 0 Å². The number of rotatable bonds is 3. The zero-order chi connectivity index (χ0) is 11.6. The lowest BCUT2D eigenvalue weighted by molar-refractivity contribution is -0.178. The highest BCUT2D eigenvalue weighted by molar-refractivity contribution is 5.89. The van der Waals surface area contributed by atoms with Crippen LogP contribution in [0.1, 0.15) is 6.92 Å². The number of nitrogens with one attached hydrogen (secondary N) is 1. The Labute approximate surface area is 76.5 Å². The summed E-state index contributed by atoms with van der Waals surface area (Å²) in [5.41, 5.74) is -2.33. The average Bonchev–Trinajstić information content (AvgIpc) is 2.02. The van der Waals surface area contributed by atoms with Crippen LogP contribution in [-0.2, 0) is 9.59 Å². The zero-order valence-corrected chi connectivity index (χ0v) is 7.05. The fraction of sp³-hybridized carbons (Fsp3) is 0.667. The van der Waals surface area contributed by atoms with Gasteiger partial charge in [0.15, 0.2) is 5.54 Å². The Kier molecular flexibility index (Phi) is 3.47. The number of aliphatic carboxylic acids is 1. The molecule has 0 unspecified atom stereocenters. The van der Waals surface area contributed by atoms with Crippen molar-refractivity contribution in [2.45, 2.75) is 18.6 Å². The molecule has 0 fully saturated rings. The van der Waals surface area contributed by atoms with Gasteiger partial charge in [-0.2, -0.15) is 13.2 Å². The van der Waals surface area contributed by atoms with E-state index in [2.05, 4.69) is 0 Å². The van der Waals surface area contributed by atoms with Gasteiger partial charge in [-0.25, -0.2) is 4.79 Å². The summed E-state index contributed by atoms with van der Waals surface area (Å²) in [7, 11) is 0. The third-order valence-electron chi connectivity index (χ3n) is 1.44. The van der Waals surface area contributed by atoms with E-state index in [-0.39, 0.29) is 0 Å². The molecule has 1 amide bonds. The molecule has 0 rings (SSSR count). The molecule has 1 atom stereocenters. The van der Waals surface area contributed by atoms with E-state index in [1.165, 1.54) is 5.32 Å². The van der Waals surface area contributed by atoms with Crippen molar-refractivity contribution >= 4 is 11.9 Å². The number of carbonyl (C=O) groups excluding carboxylic acids is 1. The number of alkyl halides is 3. The molecule has 0 bridgehead atoms. The van der Waals surface area contributed by atoms with Gasteiger partial charge in [-0.15, -0.1) is 0 Å². The molecule has 0 saturated heterocycles. The molecule has 0 aliphatic heterocycles. The fourth-order valence-corrected chi connectivity index (χ4v) is 0.482. The van der Waals surface area contributed by atoms with Gasteiger partial charge in [0.1, 0.15) is 0 Å². The van der Waals surface area contributed by atoms with Crippen molar-refractivity contribution in [3.05, 3.63) is 0 Å². The second-order valence-corrected chi connectivity index (χ2v) is 2.75. The van der Waals surface area contributed by atoms with Crippen molar-refractivity contribution in [3.63, 3.8) is 0 Å². The molecule has 0 aromatic heterocycles. The van der Waals surface area contributed by atoms with E-state index in [0.717, 1.165) is 6.92 Å². The molecule has 0 aliphatic rings. The molecule has 5 nitrogen and oxygen atoms in total. The summed E-state index contributed by atoms with van der Waals surface area (Å²) in [6, 6.07) is 0. The minimum Gasteiger partial charge on any atom is -0.479 e. The molecule has 0 spiro atoms. The minimum absolute atomic E-state index is 0.763. The Hall–Kier alpha value is -1.31. The molecular weight excluding hydrogens is 207 g/mol. The van der Waals surface area contributed by atoms with Crippen LogP contribution < -0.4 is 5.32 Å². The van der Waals surface area contributed by atoms with E-state index in [0.29, 0.717) is 0 Å². The molecule has 8 heteroatoms. The maximum absolute atomic E-state index is 11.7. The van der Waals surface area contributed by atoms with Crippen LogP contribution in [0, 0.1) is 0 Å². The molecule has 3 N–H and O–H groups in total. The maximum Gasteiger partial charge on any atom is 0.471 e. The van der Waals surface area contributed by atoms with Crippen molar-refractivity contribution < 1.29 is 33.0 Å². The standard InChI is InChI=1S/C6H8F3NO4/c1-5(2-11,4(13)14)10-3(12)6(7,8)9/h11H,2H2,1H3,(H,10,12)(H,13,14)/t5-/m0/s1. The topological polar surface area (TPSA) is 86.6 Å². The van der Waals surface area contributed by atoms with Crippen LogP contribution in [-0.4, -0.2) is 40.4 Å². The van der Waals surface area contributed by atoms with Crippen LogP contribution in [0.2, 0.25) is 0 Å². The van der Waals surface area contributed by atoms with E-state index in [9.17, 15) is 22.8 Å². The summed E-state index contributed by atoms with van der Waals surface area (Å²) in [4.78, 5) is 20.7. The van der Waals surface area contributed by atoms with E-state index in [1.807, 2.05) is 0 Å². The number of hydrogen-bond acceptors (Lipinski definition) is 3. The third-order valence-corrected chi connectivity index (χ3v) is 1.44. The average molecular weight is 215 g/mol. The number of aliphatic hydroxyl groups is 1. The Morgan fingerprint density at radius 3 is 2.00 bits per heavy atom. The highest BCUT2D eigenvalue weighted by Crippen LogP contribution is 2.16. The summed E-state index contributed by atoms with van der Waals surface area (Å²) in [6.45, 7) is -0.372. The fourth-order valence-electron chi connectivity index (χ4n) is 0.482. The van der Waals surface area contributed by atoms with Gasteiger partial charge >= 0.3 is 18.1 Å². The van der Waals surface area contributed by atoms with E-state index in [4.69, 9.17) is 10.2 Å². The number of carbonyl (C=O) groups is 2. The minimum atomic E-state index is -5.17. The van der Waals surface area contributed by atoms with E-state index in [1.54, 1.807) is 0 Å². The number of aliphatic hydroxyl groups excluding tert-OH is 1. The van der Waals surface area contributed by atoms with Gasteiger partial charge in [0.2, 0.25) is 0 Å². The second kappa shape index (κ2) is 3.82. The van der Waals surface area contributed by atoms with Crippen molar-refractivity contribution in [3.8, 4) is 0 Å². The first-order chi connectivity index (χ1) is 6.13. The number of carboxylic acids is 1. The molecule has 0 aromatic rings. The molecule has 0 aliphatic carbocycles. The summed E-state index contributed by atoms with van der Waals surface area (Å²) < 4.78 is 35.1. The Morgan fingerprint density at radius 1 is 1.36 bits per heavy atom. The third kappa shape index (κ3) is 2.87. The van der Waals surface area contributed by atoms with Crippen LogP contribution in [0.25, 0.3) is 0 Å². The predicted octanol–water partition coefficient (Wildman–Crippen LogP) is -0.500. The van der Waals surface area contributed by atoms with Gasteiger partial charge in [0, 0.05) is 0 Å². The normalized spacial score (nSPS) is 15.8. The lowest BCUT2D eigenvalue weighted by Crippen LogP contribution is -2.58. The van der Waals surface area contributed by atoms with E-state index < -0.39 is 30.2 Å². The molecule has 0 radical (unpaired) electrons. The van der Waals surface area contributed by atoms with Gasteiger partial charge in [0.25, 0.3) is 0 Å². The van der Waals surface area contributed by atoms with Gasteiger partial charge in [-0.05, 0) is 6.92 Å². The predicted molar refractivity (Wildman–Crippen MR) is 37.3 cm³/mol. The smallest absolute Gasteiger partial charge is 0.471 e. The van der Waals surface area contributed by atoms with Gasteiger partial charge in [-0.3, -0.25) is 4.79 Å². The lowest BCUT2D eigenvalue weighted by atomic mass is 10.0. The number of amides is 1. The van der Waals surface area contributed by atoms with Crippen molar-refractivity contribution in [2.24, 2.45) is 0 Å². The van der Waals surface area contributed by atoms with Crippen LogP contribution >= 0.6 is 0 Å². The molecule has 82 valence electrons. The van der Waals surface area contributed by atoms with Crippen molar-refractivity contribution in [1.82, 2.24) is 5.32 Å². The Morgan fingerprint density at radius 2 is 1.79 bits per heavy atom. The monoisotopic (exact) mass is 215 g/mol. The summed E-state index contributed by atoms with van der Waals surface area (Å²) in [6.07, 6.45) is -5.17. The van der Waals surface area contributed by atoms with Crippen LogP contribution in [0.4, 0.5) is 13.2 Å². The first-order valence-corrected chi connectivity index (χ1v) is 3.37. The van der Waals surface area contributed by atoms with Crippen LogP contribution in [0.15, 0.2) is 0 Å². The SMILES string of the molecule is C[C@@](CO)(NC(=O)C(F)(F)F)C(=O)O.